The monoisotopic (exact) mass is 276 g/mol. The van der Waals surface area contributed by atoms with E-state index in [0.717, 1.165) is 23.3 Å². The highest BCUT2D eigenvalue weighted by Gasteiger charge is 2.38. The minimum absolute atomic E-state index is 0.366. The van der Waals surface area contributed by atoms with Crippen molar-refractivity contribution in [2.24, 2.45) is 11.8 Å². The molecule has 2 aliphatic rings. The van der Waals surface area contributed by atoms with Gasteiger partial charge in [0.1, 0.15) is 11.5 Å². The fraction of sp³-hybridized carbons (Fsp3) is 0.625. The molecule has 0 amide bonds. The van der Waals surface area contributed by atoms with Gasteiger partial charge in [-0.2, -0.15) is 0 Å². The fourth-order valence-corrected chi connectivity index (χ4v) is 3.57. The van der Waals surface area contributed by atoms with Crippen LogP contribution in [0.4, 0.5) is 0 Å². The van der Waals surface area contributed by atoms with Crippen molar-refractivity contribution in [2.75, 3.05) is 40.4 Å². The van der Waals surface area contributed by atoms with Crippen LogP contribution in [0.15, 0.2) is 18.2 Å². The average molecular weight is 276 g/mol. The molecule has 0 saturated carbocycles. The molecule has 2 fully saturated rings. The second kappa shape index (κ2) is 5.62. The molecular formula is C16H24N2O2. The zero-order chi connectivity index (χ0) is 14.1. The Morgan fingerprint density at radius 1 is 1.15 bits per heavy atom. The number of likely N-dealkylation sites (tertiary alicyclic amines) is 1. The van der Waals surface area contributed by atoms with Gasteiger partial charge in [0.05, 0.1) is 14.2 Å². The summed E-state index contributed by atoms with van der Waals surface area (Å²) in [5.74, 6) is 3.48. The van der Waals surface area contributed by atoms with E-state index in [4.69, 9.17) is 9.47 Å². The largest absolute Gasteiger partial charge is 0.497 e. The summed E-state index contributed by atoms with van der Waals surface area (Å²) in [4.78, 5) is 2.58. The minimum atomic E-state index is 0.366. The van der Waals surface area contributed by atoms with Crippen LogP contribution in [0.1, 0.15) is 18.5 Å². The maximum atomic E-state index is 5.52. The van der Waals surface area contributed by atoms with E-state index in [2.05, 4.69) is 23.2 Å². The number of hydrogen-bond acceptors (Lipinski definition) is 4. The van der Waals surface area contributed by atoms with Crippen LogP contribution in [0.5, 0.6) is 11.5 Å². The van der Waals surface area contributed by atoms with Gasteiger partial charge in [-0.3, -0.25) is 4.90 Å². The summed E-state index contributed by atoms with van der Waals surface area (Å²) in [7, 11) is 3.45. The number of methoxy groups -OCH3 is 2. The van der Waals surface area contributed by atoms with Gasteiger partial charge in [0.25, 0.3) is 0 Å². The van der Waals surface area contributed by atoms with E-state index < -0.39 is 0 Å². The van der Waals surface area contributed by atoms with Crippen molar-refractivity contribution < 1.29 is 9.47 Å². The van der Waals surface area contributed by atoms with Crippen molar-refractivity contribution in [3.63, 3.8) is 0 Å². The number of nitrogens with one attached hydrogen (secondary N) is 1. The first-order valence-corrected chi connectivity index (χ1v) is 7.39. The molecule has 0 spiro atoms. The van der Waals surface area contributed by atoms with Gasteiger partial charge in [-0.25, -0.2) is 0 Å². The van der Waals surface area contributed by atoms with Crippen molar-refractivity contribution in [3.8, 4) is 11.5 Å². The second-order valence-corrected chi connectivity index (χ2v) is 5.92. The van der Waals surface area contributed by atoms with Crippen LogP contribution < -0.4 is 14.8 Å². The Hall–Kier alpha value is -1.26. The lowest BCUT2D eigenvalue weighted by Crippen LogP contribution is -2.28. The minimum Gasteiger partial charge on any atom is -0.497 e. The van der Waals surface area contributed by atoms with Crippen molar-refractivity contribution in [1.82, 2.24) is 10.2 Å². The van der Waals surface area contributed by atoms with E-state index in [1.165, 1.54) is 31.7 Å². The third-order valence-electron chi connectivity index (χ3n) is 4.85. The molecule has 2 saturated heterocycles. The first-order chi connectivity index (χ1) is 9.72. The van der Waals surface area contributed by atoms with E-state index in [1.54, 1.807) is 14.2 Å². The summed E-state index contributed by atoms with van der Waals surface area (Å²) in [5.41, 5.74) is 1.22. The molecular weight excluding hydrogens is 252 g/mol. The fourth-order valence-electron chi connectivity index (χ4n) is 3.57. The summed E-state index contributed by atoms with van der Waals surface area (Å²) in [5, 5.41) is 3.49. The molecule has 20 heavy (non-hydrogen) atoms. The lowest BCUT2D eigenvalue weighted by atomic mass is 10.0. The van der Waals surface area contributed by atoms with Gasteiger partial charge >= 0.3 is 0 Å². The number of benzene rings is 1. The second-order valence-electron chi connectivity index (χ2n) is 5.92. The van der Waals surface area contributed by atoms with Gasteiger partial charge in [-0.15, -0.1) is 0 Å². The Morgan fingerprint density at radius 2 is 1.85 bits per heavy atom. The lowest BCUT2D eigenvalue weighted by molar-refractivity contribution is 0.238. The number of hydrogen-bond donors (Lipinski definition) is 1. The van der Waals surface area contributed by atoms with Gasteiger partial charge in [-0.1, -0.05) is 0 Å². The Labute approximate surface area is 121 Å². The van der Waals surface area contributed by atoms with Crippen molar-refractivity contribution >= 4 is 0 Å². The molecule has 2 aliphatic heterocycles. The van der Waals surface area contributed by atoms with Gasteiger partial charge < -0.3 is 14.8 Å². The molecule has 1 aromatic rings. The lowest BCUT2D eigenvalue weighted by Gasteiger charge is -2.27. The topological polar surface area (TPSA) is 33.7 Å². The maximum absolute atomic E-state index is 5.52. The van der Waals surface area contributed by atoms with E-state index in [9.17, 15) is 0 Å². The standard InChI is InChI=1S/C16H24N2O2/c1-11(18-9-12-7-17-8-13(12)10-18)15-6-14(19-2)4-5-16(15)20-3/h4-6,11-13,17H,7-10H2,1-3H3/t11?,12-,13+. The quantitative estimate of drug-likeness (QED) is 0.911. The SMILES string of the molecule is COc1ccc(OC)c(C(C)N2C[C@H]3CNC[C@H]3C2)c1. The number of rotatable bonds is 4. The molecule has 2 heterocycles. The molecule has 4 nitrogen and oxygen atoms in total. The van der Waals surface area contributed by atoms with Gasteiger partial charge in [-0.05, 0) is 50.0 Å². The Bertz CT molecular complexity index is 466. The molecule has 110 valence electrons. The zero-order valence-corrected chi connectivity index (χ0v) is 12.6. The summed E-state index contributed by atoms with van der Waals surface area (Å²) < 4.78 is 10.9. The van der Waals surface area contributed by atoms with Crippen LogP contribution >= 0.6 is 0 Å². The van der Waals surface area contributed by atoms with Crippen LogP contribution in [-0.4, -0.2) is 45.3 Å². The van der Waals surface area contributed by atoms with Crippen LogP contribution in [-0.2, 0) is 0 Å². The maximum Gasteiger partial charge on any atom is 0.123 e. The Balaban J connectivity index is 1.81. The summed E-state index contributed by atoms with van der Waals surface area (Å²) in [6.45, 7) is 6.97. The van der Waals surface area contributed by atoms with Crippen molar-refractivity contribution in [3.05, 3.63) is 23.8 Å². The van der Waals surface area contributed by atoms with E-state index >= 15 is 0 Å². The number of nitrogens with zero attached hydrogens (tertiary/aromatic N) is 1. The molecule has 0 aliphatic carbocycles. The molecule has 1 N–H and O–H groups in total. The molecule has 0 bridgehead atoms. The first kappa shape index (κ1) is 13.7. The molecule has 0 radical (unpaired) electrons. The Morgan fingerprint density at radius 3 is 2.45 bits per heavy atom. The van der Waals surface area contributed by atoms with Gasteiger partial charge in [0.2, 0.25) is 0 Å². The van der Waals surface area contributed by atoms with Crippen LogP contribution in [0.3, 0.4) is 0 Å². The van der Waals surface area contributed by atoms with Gasteiger partial charge in [0, 0.05) is 24.7 Å². The van der Waals surface area contributed by atoms with Crippen LogP contribution in [0.2, 0.25) is 0 Å². The first-order valence-electron chi connectivity index (χ1n) is 7.39. The molecule has 3 atom stereocenters. The molecule has 1 aromatic carbocycles. The highest BCUT2D eigenvalue weighted by Crippen LogP contribution is 2.37. The molecule has 0 aromatic heterocycles. The predicted molar refractivity (Wildman–Crippen MR) is 79.4 cm³/mol. The molecule has 3 rings (SSSR count). The zero-order valence-electron chi connectivity index (χ0n) is 12.6. The Kier molecular flexibility index (Phi) is 3.85. The highest BCUT2D eigenvalue weighted by molar-refractivity contribution is 5.42. The van der Waals surface area contributed by atoms with Crippen LogP contribution in [0.25, 0.3) is 0 Å². The summed E-state index contributed by atoms with van der Waals surface area (Å²) >= 11 is 0. The van der Waals surface area contributed by atoms with Crippen LogP contribution in [0, 0.1) is 11.8 Å². The average Bonchev–Trinajstić information content (AvgIpc) is 3.07. The van der Waals surface area contributed by atoms with Crippen molar-refractivity contribution in [2.45, 2.75) is 13.0 Å². The number of ether oxygens (including phenoxy) is 2. The van der Waals surface area contributed by atoms with E-state index in [1.807, 2.05) is 12.1 Å². The predicted octanol–water partition coefficient (Wildman–Crippen LogP) is 1.92. The van der Waals surface area contributed by atoms with E-state index in [0.29, 0.717) is 6.04 Å². The molecule has 1 unspecified atom stereocenters. The summed E-state index contributed by atoms with van der Waals surface area (Å²) in [6.07, 6.45) is 0. The third kappa shape index (κ3) is 2.38. The normalized spacial score (nSPS) is 27.4. The third-order valence-corrected chi connectivity index (χ3v) is 4.85. The highest BCUT2D eigenvalue weighted by atomic mass is 16.5. The van der Waals surface area contributed by atoms with Gasteiger partial charge in [0.15, 0.2) is 0 Å². The van der Waals surface area contributed by atoms with Crippen molar-refractivity contribution in [1.29, 1.82) is 0 Å². The smallest absolute Gasteiger partial charge is 0.123 e. The van der Waals surface area contributed by atoms with E-state index in [-0.39, 0.29) is 0 Å². The number of fused-ring (bicyclic) bond motifs is 1. The summed E-state index contributed by atoms with van der Waals surface area (Å²) in [6, 6.07) is 6.43. The molecule has 4 heteroatoms.